The molecule has 1 aliphatic carbocycles. The molecule has 13 heteroatoms. The van der Waals surface area contributed by atoms with Gasteiger partial charge in [0.2, 0.25) is 16.0 Å². The SMILES string of the molecule is C.COc1cc(N2CCN(C(C)(C)C)CC2)c(C)cc1Nc1ncc(C(F)(F)F)c(C[C@@H]2CCCC[C@H]2N(C)S(C)(=O)=O)n1. The van der Waals surface area contributed by atoms with Crippen molar-refractivity contribution in [3.05, 3.63) is 35.2 Å². The second-order valence-electron chi connectivity index (χ2n) is 12.8. The van der Waals surface area contributed by atoms with Crippen LogP contribution in [-0.4, -0.2) is 85.8 Å². The summed E-state index contributed by atoms with van der Waals surface area (Å²) in [7, 11) is -0.450. The number of halogens is 3. The lowest BCUT2D eigenvalue weighted by atomic mass is 9.81. The third kappa shape index (κ3) is 8.33. The molecular weight excluding hydrogens is 593 g/mol. The molecule has 0 radical (unpaired) electrons. The van der Waals surface area contributed by atoms with Crippen LogP contribution in [0, 0.1) is 12.8 Å². The molecule has 1 saturated carbocycles. The summed E-state index contributed by atoms with van der Waals surface area (Å²) in [4.78, 5) is 13.2. The number of hydrogen-bond donors (Lipinski definition) is 1. The van der Waals surface area contributed by atoms with Crippen LogP contribution in [0.3, 0.4) is 0 Å². The number of nitrogens with one attached hydrogen (secondary N) is 1. The number of methoxy groups -OCH3 is 1. The largest absolute Gasteiger partial charge is 0.494 e. The summed E-state index contributed by atoms with van der Waals surface area (Å²) in [6.45, 7) is 12.3. The minimum absolute atomic E-state index is 0. The van der Waals surface area contributed by atoms with Gasteiger partial charge >= 0.3 is 6.18 Å². The maximum Gasteiger partial charge on any atom is 0.419 e. The first-order valence-corrected chi connectivity index (χ1v) is 16.7. The van der Waals surface area contributed by atoms with Crippen LogP contribution in [0.25, 0.3) is 0 Å². The zero-order valence-electron chi connectivity index (χ0n) is 26.3. The van der Waals surface area contributed by atoms with Crippen molar-refractivity contribution in [2.24, 2.45) is 5.92 Å². The molecule has 9 nitrogen and oxygen atoms in total. The third-order valence-electron chi connectivity index (χ3n) is 8.82. The van der Waals surface area contributed by atoms with Crippen molar-refractivity contribution in [2.45, 2.75) is 85.0 Å². The van der Waals surface area contributed by atoms with Crippen molar-refractivity contribution in [3.63, 3.8) is 0 Å². The quantitative estimate of drug-likeness (QED) is 0.369. The molecule has 1 aliphatic heterocycles. The van der Waals surface area contributed by atoms with Gasteiger partial charge in [-0.15, -0.1) is 0 Å². The Morgan fingerprint density at radius 3 is 2.30 bits per heavy atom. The maximum atomic E-state index is 14.1. The summed E-state index contributed by atoms with van der Waals surface area (Å²) in [5.41, 5.74) is 1.64. The molecule has 1 aromatic carbocycles. The first-order valence-electron chi connectivity index (χ1n) is 14.8. The predicted octanol–water partition coefficient (Wildman–Crippen LogP) is 6.11. The van der Waals surface area contributed by atoms with Crippen LogP contribution >= 0.6 is 0 Å². The zero-order valence-corrected chi connectivity index (χ0v) is 27.1. The summed E-state index contributed by atoms with van der Waals surface area (Å²) >= 11 is 0. The number of piperazine rings is 1. The summed E-state index contributed by atoms with van der Waals surface area (Å²) < 4.78 is 73.7. The van der Waals surface area contributed by atoms with Crippen LogP contribution in [0.2, 0.25) is 0 Å². The summed E-state index contributed by atoms with van der Waals surface area (Å²) in [6, 6.07) is 3.46. The van der Waals surface area contributed by atoms with E-state index in [1.807, 2.05) is 19.1 Å². The Bertz CT molecular complexity index is 1390. The summed E-state index contributed by atoms with van der Waals surface area (Å²) in [5.74, 6) is 0.259. The van der Waals surface area contributed by atoms with E-state index in [9.17, 15) is 21.6 Å². The van der Waals surface area contributed by atoms with Gasteiger partial charge in [-0.25, -0.2) is 22.7 Å². The lowest BCUT2D eigenvalue weighted by molar-refractivity contribution is -0.138. The Morgan fingerprint density at radius 2 is 1.73 bits per heavy atom. The Hall–Kier alpha value is -2.64. The molecule has 0 bridgehead atoms. The van der Waals surface area contributed by atoms with Crippen molar-refractivity contribution in [3.8, 4) is 5.75 Å². The number of anilines is 3. The van der Waals surface area contributed by atoms with Crippen LogP contribution in [0.5, 0.6) is 5.75 Å². The van der Waals surface area contributed by atoms with E-state index < -0.39 is 27.8 Å². The van der Waals surface area contributed by atoms with Crippen molar-refractivity contribution in [1.82, 2.24) is 19.2 Å². The fraction of sp³-hybridized carbons (Fsp3) is 0.677. The molecule has 0 spiro atoms. The molecule has 1 saturated heterocycles. The van der Waals surface area contributed by atoms with Gasteiger partial charge in [-0.2, -0.15) is 13.2 Å². The van der Waals surface area contributed by atoms with Gasteiger partial charge in [0.1, 0.15) is 5.75 Å². The Morgan fingerprint density at radius 1 is 1.09 bits per heavy atom. The van der Waals surface area contributed by atoms with Gasteiger partial charge in [0.15, 0.2) is 0 Å². The molecule has 2 atom stereocenters. The average Bonchev–Trinajstić information content (AvgIpc) is 2.92. The number of rotatable bonds is 8. The van der Waals surface area contributed by atoms with Gasteiger partial charge in [-0.3, -0.25) is 4.90 Å². The van der Waals surface area contributed by atoms with Crippen molar-refractivity contribution in [1.29, 1.82) is 0 Å². The Kier molecular flexibility index (Phi) is 11.2. The Balaban J connectivity index is 0.00000529. The van der Waals surface area contributed by atoms with E-state index in [0.717, 1.165) is 62.7 Å². The highest BCUT2D eigenvalue weighted by Crippen LogP contribution is 2.38. The lowest BCUT2D eigenvalue weighted by Gasteiger charge is -2.43. The predicted molar refractivity (Wildman–Crippen MR) is 170 cm³/mol. The number of benzene rings is 1. The van der Waals surface area contributed by atoms with Gasteiger partial charge in [0.05, 0.1) is 30.3 Å². The monoisotopic (exact) mass is 642 g/mol. The standard InChI is InChI=1S/C30H45F3N6O3S.CH4/c1-20-16-24(27(42-6)18-26(20)38-12-14-39(15-13-38)29(2,3)4)36-28-34-19-22(30(31,32)33)23(35-28)17-21-10-8-9-11-25(21)37(5)43(7,40)41;/h16,18-19,21,25H,8-15,17H2,1-7H3,(H,34,35,36);1H4/t21-,25+;/m0./s1. The number of nitrogens with zero attached hydrogens (tertiary/aromatic N) is 5. The number of aromatic nitrogens is 2. The number of sulfonamides is 1. The van der Waals surface area contributed by atoms with E-state index in [2.05, 4.69) is 45.9 Å². The van der Waals surface area contributed by atoms with Gasteiger partial charge in [-0.05, 0) is 64.5 Å². The molecule has 2 fully saturated rings. The molecule has 2 aliphatic rings. The highest BCUT2D eigenvalue weighted by Gasteiger charge is 2.38. The molecule has 44 heavy (non-hydrogen) atoms. The van der Waals surface area contributed by atoms with E-state index in [1.54, 1.807) is 7.11 Å². The van der Waals surface area contributed by atoms with Crippen molar-refractivity contribution < 1.29 is 26.3 Å². The van der Waals surface area contributed by atoms with Crippen LogP contribution in [-0.2, 0) is 22.6 Å². The molecule has 0 amide bonds. The van der Waals surface area contributed by atoms with E-state index in [-0.39, 0.29) is 36.9 Å². The van der Waals surface area contributed by atoms with Crippen LogP contribution in [0.1, 0.15) is 70.7 Å². The van der Waals surface area contributed by atoms with Crippen molar-refractivity contribution in [2.75, 3.05) is 56.8 Å². The summed E-state index contributed by atoms with van der Waals surface area (Å²) in [6.07, 6.45) is 0.145. The fourth-order valence-corrected chi connectivity index (χ4v) is 7.06. The fourth-order valence-electron chi connectivity index (χ4n) is 6.29. The van der Waals surface area contributed by atoms with Crippen LogP contribution in [0.4, 0.5) is 30.5 Å². The zero-order chi connectivity index (χ0) is 31.7. The smallest absolute Gasteiger partial charge is 0.419 e. The molecule has 2 heterocycles. The minimum Gasteiger partial charge on any atom is -0.494 e. The van der Waals surface area contributed by atoms with Gasteiger partial charge in [0, 0.05) is 62.8 Å². The number of ether oxygens (including phenoxy) is 1. The van der Waals surface area contributed by atoms with Gasteiger partial charge in [0.25, 0.3) is 0 Å². The minimum atomic E-state index is -4.65. The van der Waals surface area contributed by atoms with E-state index in [0.29, 0.717) is 24.3 Å². The third-order valence-corrected chi connectivity index (χ3v) is 10.1. The first kappa shape index (κ1) is 35.8. The highest BCUT2D eigenvalue weighted by atomic mass is 32.2. The molecule has 1 aromatic heterocycles. The number of hydrogen-bond acceptors (Lipinski definition) is 8. The highest BCUT2D eigenvalue weighted by molar-refractivity contribution is 7.88. The number of alkyl halides is 3. The number of aryl methyl sites for hydroxylation is 1. The molecule has 0 unspecified atom stereocenters. The molecule has 248 valence electrons. The first-order chi connectivity index (χ1) is 20.0. The second-order valence-corrected chi connectivity index (χ2v) is 14.8. The van der Waals surface area contributed by atoms with E-state index in [4.69, 9.17) is 4.74 Å². The lowest BCUT2D eigenvalue weighted by Crippen LogP contribution is -2.53. The molecule has 4 rings (SSSR count). The molecule has 1 N–H and O–H groups in total. The van der Waals surface area contributed by atoms with Gasteiger partial charge in [-0.1, -0.05) is 20.3 Å². The van der Waals surface area contributed by atoms with Crippen LogP contribution < -0.4 is 15.0 Å². The van der Waals surface area contributed by atoms with E-state index >= 15 is 0 Å². The van der Waals surface area contributed by atoms with E-state index in [1.165, 1.54) is 11.4 Å². The second kappa shape index (κ2) is 13.8. The molecule has 2 aromatic rings. The maximum absolute atomic E-state index is 14.1. The van der Waals surface area contributed by atoms with Crippen molar-refractivity contribution >= 4 is 27.3 Å². The summed E-state index contributed by atoms with van der Waals surface area (Å²) in [5, 5.41) is 3.09. The topological polar surface area (TPSA) is 90.9 Å². The van der Waals surface area contributed by atoms with Crippen LogP contribution in [0.15, 0.2) is 18.3 Å². The Labute approximate surface area is 261 Å². The van der Waals surface area contributed by atoms with Gasteiger partial charge < -0.3 is 15.0 Å². The molecular formula is C31H49F3N6O3S. The normalized spacial score (nSPS) is 20.4. The average molecular weight is 643 g/mol.